The van der Waals surface area contributed by atoms with Crippen molar-refractivity contribution in [3.63, 3.8) is 0 Å². The van der Waals surface area contributed by atoms with Gasteiger partial charge in [-0.2, -0.15) is 4.37 Å². The summed E-state index contributed by atoms with van der Waals surface area (Å²) in [4.78, 5) is 13.9. The summed E-state index contributed by atoms with van der Waals surface area (Å²) in [7, 11) is 3.45. The normalized spacial score (nSPS) is 14.8. The van der Waals surface area contributed by atoms with E-state index >= 15 is 0 Å². The lowest BCUT2D eigenvalue weighted by Gasteiger charge is -2.15. The molecule has 0 spiro atoms. The second-order valence-electron chi connectivity index (χ2n) is 4.40. The minimum absolute atomic E-state index is 0.227. The first kappa shape index (κ1) is 13.1. The summed E-state index contributed by atoms with van der Waals surface area (Å²) in [6.45, 7) is 1.70. The average molecular weight is 270 g/mol. The lowest BCUT2D eigenvalue weighted by Crippen LogP contribution is -2.27. The number of methoxy groups -OCH3 is 1. The van der Waals surface area contributed by atoms with Gasteiger partial charge in [0.25, 0.3) is 0 Å². The van der Waals surface area contributed by atoms with Gasteiger partial charge in [0.05, 0.1) is 7.11 Å². The molecule has 0 radical (unpaired) electrons. The number of esters is 1. The topological polar surface area (TPSA) is 80.5 Å². The number of rotatable bonds is 6. The Morgan fingerprint density at radius 2 is 2.39 bits per heavy atom. The number of hydrogen-bond acceptors (Lipinski definition) is 7. The van der Waals surface area contributed by atoms with Gasteiger partial charge in [-0.05, 0) is 31.4 Å². The van der Waals surface area contributed by atoms with E-state index in [1.54, 1.807) is 0 Å². The van der Waals surface area contributed by atoms with Crippen molar-refractivity contribution in [3.05, 3.63) is 5.56 Å². The fourth-order valence-electron chi connectivity index (χ4n) is 1.77. The van der Waals surface area contributed by atoms with E-state index in [1.165, 1.54) is 31.5 Å². The maximum absolute atomic E-state index is 11.5. The molecule has 2 rings (SSSR count). The van der Waals surface area contributed by atoms with Crippen LogP contribution in [-0.4, -0.2) is 48.5 Å². The molecule has 1 saturated carbocycles. The molecule has 6 nitrogen and oxygen atoms in total. The van der Waals surface area contributed by atoms with Gasteiger partial charge in [0.2, 0.25) is 0 Å². The standard InChI is InChI=1S/C11H18N4O2S/c1-15(7-3-4-7)6-5-13-10-8(11(16)17-2)9(12)14-18-10/h7,13H,3-6H2,1-2H3,(H2,12,14). The first-order valence-electron chi connectivity index (χ1n) is 5.91. The Bertz CT molecular complexity index is 431. The quantitative estimate of drug-likeness (QED) is 0.751. The Labute approximate surface area is 110 Å². The van der Waals surface area contributed by atoms with Crippen molar-refractivity contribution in [2.75, 3.05) is 38.3 Å². The highest BCUT2D eigenvalue weighted by Crippen LogP contribution is 2.28. The molecule has 0 aromatic carbocycles. The van der Waals surface area contributed by atoms with Crippen LogP contribution < -0.4 is 11.1 Å². The summed E-state index contributed by atoms with van der Waals surface area (Å²) in [6, 6.07) is 0.735. The third-order valence-electron chi connectivity index (χ3n) is 3.03. The predicted molar refractivity (Wildman–Crippen MR) is 72.0 cm³/mol. The van der Waals surface area contributed by atoms with Gasteiger partial charge in [-0.25, -0.2) is 4.79 Å². The molecule has 0 bridgehead atoms. The number of ether oxygens (including phenoxy) is 1. The molecule has 0 amide bonds. The third-order valence-corrected chi connectivity index (χ3v) is 3.85. The Morgan fingerprint density at radius 3 is 3.00 bits per heavy atom. The zero-order valence-electron chi connectivity index (χ0n) is 10.6. The largest absolute Gasteiger partial charge is 0.465 e. The van der Waals surface area contributed by atoms with E-state index in [2.05, 4.69) is 26.4 Å². The molecule has 1 aromatic rings. The second kappa shape index (κ2) is 5.53. The van der Waals surface area contributed by atoms with Crippen molar-refractivity contribution in [2.45, 2.75) is 18.9 Å². The summed E-state index contributed by atoms with van der Waals surface area (Å²) in [6.07, 6.45) is 2.58. The molecule has 1 heterocycles. The van der Waals surface area contributed by atoms with Crippen LogP contribution in [0.2, 0.25) is 0 Å². The van der Waals surface area contributed by atoms with Crippen LogP contribution >= 0.6 is 11.5 Å². The molecule has 3 N–H and O–H groups in total. The van der Waals surface area contributed by atoms with Crippen LogP contribution in [0.4, 0.5) is 10.8 Å². The molecule has 1 fully saturated rings. The molecular formula is C11H18N4O2S. The van der Waals surface area contributed by atoms with Crippen LogP contribution in [0.3, 0.4) is 0 Å². The molecule has 0 saturated heterocycles. The van der Waals surface area contributed by atoms with Gasteiger partial charge in [-0.15, -0.1) is 0 Å². The number of likely N-dealkylation sites (N-methyl/N-ethyl adjacent to an activating group) is 1. The highest BCUT2D eigenvalue weighted by Gasteiger charge is 2.25. The fourth-order valence-corrected chi connectivity index (χ4v) is 2.49. The number of nitrogens with zero attached hydrogens (tertiary/aromatic N) is 2. The zero-order valence-corrected chi connectivity index (χ0v) is 11.4. The molecule has 1 aliphatic carbocycles. The Kier molecular flexibility index (Phi) is 4.03. The lowest BCUT2D eigenvalue weighted by atomic mass is 10.3. The summed E-state index contributed by atoms with van der Waals surface area (Å²) in [5.74, 6) is -0.218. The number of carbonyl (C=O) groups excluding carboxylic acids is 1. The van der Waals surface area contributed by atoms with Gasteiger partial charge < -0.3 is 20.7 Å². The Morgan fingerprint density at radius 1 is 1.67 bits per heavy atom. The van der Waals surface area contributed by atoms with Crippen molar-refractivity contribution >= 4 is 28.3 Å². The predicted octanol–water partition coefficient (Wildman–Crippen LogP) is 1.02. The number of anilines is 2. The number of nitrogen functional groups attached to an aromatic ring is 1. The Hall–Kier alpha value is -1.34. The van der Waals surface area contributed by atoms with Crippen LogP contribution in [0.15, 0.2) is 0 Å². The lowest BCUT2D eigenvalue weighted by molar-refractivity contribution is 0.0603. The van der Waals surface area contributed by atoms with Crippen molar-refractivity contribution < 1.29 is 9.53 Å². The van der Waals surface area contributed by atoms with E-state index in [4.69, 9.17) is 5.73 Å². The number of aromatic nitrogens is 1. The highest BCUT2D eigenvalue weighted by molar-refractivity contribution is 7.11. The smallest absolute Gasteiger partial charge is 0.344 e. The molecule has 1 aliphatic rings. The SMILES string of the molecule is COC(=O)c1c(N)nsc1NCCN(C)C1CC1. The van der Waals surface area contributed by atoms with E-state index < -0.39 is 5.97 Å². The van der Waals surface area contributed by atoms with Gasteiger partial charge in [-0.1, -0.05) is 0 Å². The van der Waals surface area contributed by atoms with Gasteiger partial charge in [0.15, 0.2) is 5.82 Å². The number of carbonyl (C=O) groups is 1. The average Bonchev–Trinajstić information content (AvgIpc) is 3.14. The van der Waals surface area contributed by atoms with E-state index in [9.17, 15) is 4.79 Å². The second-order valence-corrected chi connectivity index (χ2v) is 5.18. The summed E-state index contributed by atoms with van der Waals surface area (Å²) in [5.41, 5.74) is 6.00. The molecular weight excluding hydrogens is 252 g/mol. The number of nitrogens with two attached hydrogens (primary N) is 1. The van der Waals surface area contributed by atoms with Crippen LogP contribution in [0.25, 0.3) is 0 Å². The van der Waals surface area contributed by atoms with E-state index in [0.717, 1.165) is 19.1 Å². The molecule has 0 atom stereocenters. The molecule has 0 unspecified atom stereocenters. The summed E-state index contributed by atoms with van der Waals surface area (Å²) in [5, 5.41) is 3.88. The molecule has 1 aromatic heterocycles. The Balaban J connectivity index is 1.90. The van der Waals surface area contributed by atoms with Gasteiger partial charge >= 0.3 is 5.97 Å². The fraction of sp³-hybridized carbons (Fsp3) is 0.636. The molecule has 100 valence electrons. The van der Waals surface area contributed by atoms with E-state index in [0.29, 0.717) is 10.6 Å². The maximum atomic E-state index is 11.5. The molecule has 18 heavy (non-hydrogen) atoms. The van der Waals surface area contributed by atoms with Gasteiger partial charge in [0, 0.05) is 19.1 Å². The third kappa shape index (κ3) is 2.91. The summed E-state index contributed by atoms with van der Waals surface area (Å²) >= 11 is 1.19. The van der Waals surface area contributed by atoms with Crippen molar-refractivity contribution in [2.24, 2.45) is 0 Å². The van der Waals surface area contributed by atoms with Crippen LogP contribution in [0.5, 0.6) is 0 Å². The van der Waals surface area contributed by atoms with Gasteiger partial charge in [0.1, 0.15) is 10.6 Å². The van der Waals surface area contributed by atoms with Crippen LogP contribution in [0, 0.1) is 0 Å². The van der Waals surface area contributed by atoms with Gasteiger partial charge in [-0.3, -0.25) is 0 Å². The van der Waals surface area contributed by atoms with E-state index in [1.807, 2.05) is 0 Å². The molecule has 7 heteroatoms. The monoisotopic (exact) mass is 270 g/mol. The van der Waals surface area contributed by atoms with E-state index in [-0.39, 0.29) is 5.82 Å². The minimum Gasteiger partial charge on any atom is -0.465 e. The van der Waals surface area contributed by atoms with Crippen molar-refractivity contribution in [3.8, 4) is 0 Å². The number of nitrogens with one attached hydrogen (secondary N) is 1. The number of hydrogen-bond donors (Lipinski definition) is 2. The zero-order chi connectivity index (χ0) is 13.1. The highest BCUT2D eigenvalue weighted by atomic mass is 32.1. The maximum Gasteiger partial charge on any atom is 0.344 e. The molecule has 0 aliphatic heterocycles. The van der Waals surface area contributed by atoms with Crippen LogP contribution in [-0.2, 0) is 4.74 Å². The van der Waals surface area contributed by atoms with Crippen molar-refractivity contribution in [1.82, 2.24) is 9.27 Å². The minimum atomic E-state index is -0.445. The summed E-state index contributed by atoms with van der Waals surface area (Å²) < 4.78 is 8.66. The first-order valence-corrected chi connectivity index (χ1v) is 6.68. The van der Waals surface area contributed by atoms with Crippen LogP contribution in [0.1, 0.15) is 23.2 Å². The van der Waals surface area contributed by atoms with Crippen molar-refractivity contribution in [1.29, 1.82) is 0 Å². The first-order chi connectivity index (χ1) is 8.63.